The molecule has 0 spiro atoms. The molecule has 2 atom stereocenters. The van der Waals surface area contributed by atoms with E-state index in [9.17, 15) is 0 Å². The van der Waals surface area contributed by atoms with Crippen LogP contribution >= 0.6 is 15.9 Å². The predicted octanol–water partition coefficient (Wildman–Crippen LogP) is 4.93. The molecule has 21 heavy (non-hydrogen) atoms. The fraction of sp³-hybridized carbons (Fsp3) is 0.333. The van der Waals surface area contributed by atoms with Crippen molar-refractivity contribution in [3.05, 3.63) is 63.6 Å². The van der Waals surface area contributed by atoms with Gasteiger partial charge in [0.05, 0.1) is 0 Å². The largest absolute Gasteiger partial charge is 0.485 e. The summed E-state index contributed by atoms with van der Waals surface area (Å²) >= 11 is 3.62. The average Bonchev–Trinajstić information content (AvgIpc) is 2.50. The van der Waals surface area contributed by atoms with Gasteiger partial charge in [-0.15, -0.1) is 0 Å². The number of fused-ring (bicyclic) bond motifs is 1. The maximum absolute atomic E-state index is 6.23. The molecular formula is C18H20BrNO. The summed E-state index contributed by atoms with van der Waals surface area (Å²) in [4.78, 5) is 0. The van der Waals surface area contributed by atoms with Crippen LogP contribution in [0.15, 0.2) is 46.9 Å². The van der Waals surface area contributed by atoms with Gasteiger partial charge in [-0.2, -0.15) is 0 Å². The standard InChI is InChI=1S/C18H20BrNO/c1-3-20-16-11-18(13-9-8-12(2)15(19)10-13)21-17-7-5-4-6-14(16)17/h4-10,16,18,20H,3,11H2,1-2H3. The van der Waals surface area contributed by atoms with Crippen LogP contribution in [0, 0.1) is 6.92 Å². The van der Waals surface area contributed by atoms with Gasteiger partial charge in [-0.1, -0.05) is 53.2 Å². The lowest BCUT2D eigenvalue weighted by atomic mass is 9.92. The van der Waals surface area contributed by atoms with Gasteiger partial charge in [0.2, 0.25) is 0 Å². The number of benzene rings is 2. The first-order chi connectivity index (χ1) is 10.2. The molecule has 0 radical (unpaired) electrons. The second-order valence-electron chi connectivity index (χ2n) is 5.50. The zero-order valence-electron chi connectivity index (χ0n) is 12.4. The summed E-state index contributed by atoms with van der Waals surface area (Å²) in [6.07, 6.45) is 1.06. The maximum Gasteiger partial charge on any atom is 0.126 e. The topological polar surface area (TPSA) is 21.3 Å². The average molecular weight is 346 g/mol. The summed E-state index contributed by atoms with van der Waals surface area (Å²) in [5, 5.41) is 3.57. The van der Waals surface area contributed by atoms with E-state index in [0.717, 1.165) is 23.2 Å². The van der Waals surface area contributed by atoms with E-state index in [1.165, 1.54) is 16.7 Å². The second kappa shape index (κ2) is 6.20. The molecule has 110 valence electrons. The van der Waals surface area contributed by atoms with Crippen molar-refractivity contribution in [1.29, 1.82) is 0 Å². The van der Waals surface area contributed by atoms with Gasteiger partial charge in [-0.3, -0.25) is 0 Å². The highest BCUT2D eigenvalue weighted by Gasteiger charge is 2.28. The van der Waals surface area contributed by atoms with Crippen LogP contribution in [0.4, 0.5) is 0 Å². The fourth-order valence-corrected chi connectivity index (χ4v) is 3.27. The molecule has 3 heteroatoms. The van der Waals surface area contributed by atoms with E-state index in [1.54, 1.807) is 0 Å². The van der Waals surface area contributed by atoms with Gasteiger partial charge in [-0.25, -0.2) is 0 Å². The van der Waals surface area contributed by atoms with E-state index < -0.39 is 0 Å². The molecule has 2 unspecified atom stereocenters. The van der Waals surface area contributed by atoms with Crippen molar-refractivity contribution in [2.45, 2.75) is 32.4 Å². The highest BCUT2D eigenvalue weighted by atomic mass is 79.9. The summed E-state index contributed by atoms with van der Waals surface area (Å²) in [5.41, 5.74) is 3.74. The van der Waals surface area contributed by atoms with Crippen molar-refractivity contribution < 1.29 is 4.74 Å². The van der Waals surface area contributed by atoms with Crippen molar-refractivity contribution in [3.8, 4) is 5.75 Å². The van der Waals surface area contributed by atoms with Crippen molar-refractivity contribution in [2.75, 3.05) is 6.54 Å². The summed E-state index contributed by atoms with van der Waals surface area (Å²) in [7, 11) is 0. The second-order valence-corrected chi connectivity index (χ2v) is 6.35. The predicted molar refractivity (Wildman–Crippen MR) is 89.7 cm³/mol. The van der Waals surface area contributed by atoms with Gasteiger partial charge >= 0.3 is 0 Å². The summed E-state index contributed by atoms with van der Waals surface area (Å²) in [6, 6.07) is 15.2. The molecular weight excluding hydrogens is 326 g/mol. The number of ether oxygens (including phenoxy) is 1. The van der Waals surface area contributed by atoms with E-state index in [2.05, 4.69) is 71.5 Å². The van der Waals surface area contributed by atoms with Gasteiger partial charge in [0.1, 0.15) is 11.9 Å². The van der Waals surface area contributed by atoms with E-state index in [1.807, 2.05) is 6.07 Å². The Kier molecular flexibility index (Phi) is 4.32. The molecule has 0 saturated carbocycles. The zero-order chi connectivity index (χ0) is 14.8. The minimum absolute atomic E-state index is 0.0980. The molecule has 2 nitrogen and oxygen atoms in total. The Morgan fingerprint density at radius 3 is 2.81 bits per heavy atom. The van der Waals surface area contributed by atoms with Gasteiger partial charge in [0, 0.05) is 22.5 Å². The number of halogens is 1. The van der Waals surface area contributed by atoms with Gasteiger partial charge in [0.15, 0.2) is 0 Å². The summed E-state index contributed by atoms with van der Waals surface area (Å²) in [5.74, 6) is 0.997. The molecule has 1 heterocycles. The van der Waals surface area contributed by atoms with Crippen molar-refractivity contribution in [1.82, 2.24) is 5.32 Å². The molecule has 0 amide bonds. The number of hydrogen-bond donors (Lipinski definition) is 1. The number of aryl methyl sites for hydroxylation is 1. The zero-order valence-corrected chi connectivity index (χ0v) is 14.0. The maximum atomic E-state index is 6.23. The van der Waals surface area contributed by atoms with Crippen LogP contribution in [0.2, 0.25) is 0 Å². The Bertz CT molecular complexity index is 641. The van der Waals surface area contributed by atoms with Gasteiger partial charge in [-0.05, 0) is 36.7 Å². The van der Waals surface area contributed by atoms with Crippen LogP contribution in [-0.2, 0) is 0 Å². The minimum Gasteiger partial charge on any atom is -0.485 e. The van der Waals surface area contributed by atoms with Gasteiger partial charge < -0.3 is 10.1 Å². The lowest BCUT2D eigenvalue weighted by molar-refractivity contribution is 0.152. The monoisotopic (exact) mass is 345 g/mol. The molecule has 2 aromatic carbocycles. The number of rotatable bonds is 3. The molecule has 0 fully saturated rings. The van der Waals surface area contributed by atoms with Crippen molar-refractivity contribution >= 4 is 15.9 Å². The lowest BCUT2D eigenvalue weighted by Gasteiger charge is -2.33. The fourth-order valence-electron chi connectivity index (χ4n) is 2.87. The Labute approximate surface area is 134 Å². The van der Waals surface area contributed by atoms with Gasteiger partial charge in [0.25, 0.3) is 0 Å². The Hall–Kier alpha value is -1.32. The first-order valence-electron chi connectivity index (χ1n) is 7.44. The SMILES string of the molecule is CCNC1CC(c2ccc(C)c(Br)c2)Oc2ccccc21. The third-order valence-electron chi connectivity index (χ3n) is 4.03. The van der Waals surface area contributed by atoms with Crippen LogP contribution in [0.5, 0.6) is 5.75 Å². The van der Waals surface area contributed by atoms with E-state index in [-0.39, 0.29) is 6.10 Å². The van der Waals surface area contributed by atoms with E-state index in [0.29, 0.717) is 6.04 Å². The van der Waals surface area contributed by atoms with Crippen LogP contribution in [0.25, 0.3) is 0 Å². The number of nitrogens with one attached hydrogen (secondary N) is 1. The summed E-state index contributed by atoms with van der Waals surface area (Å²) < 4.78 is 7.37. The van der Waals surface area contributed by atoms with E-state index >= 15 is 0 Å². The Morgan fingerprint density at radius 2 is 2.05 bits per heavy atom. The molecule has 0 saturated heterocycles. The normalized spacial score (nSPS) is 20.7. The van der Waals surface area contributed by atoms with Crippen LogP contribution in [0.3, 0.4) is 0 Å². The van der Waals surface area contributed by atoms with E-state index in [4.69, 9.17) is 4.74 Å². The van der Waals surface area contributed by atoms with Crippen LogP contribution in [-0.4, -0.2) is 6.54 Å². The lowest BCUT2D eigenvalue weighted by Crippen LogP contribution is -2.28. The van der Waals surface area contributed by atoms with Crippen molar-refractivity contribution in [2.24, 2.45) is 0 Å². The Balaban J connectivity index is 1.93. The number of hydrogen-bond acceptors (Lipinski definition) is 2. The quantitative estimate of drug-likeness (QED) is 0.851. The third kappa shape index (κ3) is 2.99. The third-order valence-corrected chi connectivity index (χ3v) is 4.89. The molecule has 2 aromatic rings. The first kappa shape index (κ1) is 14.6. The molecule has 1 N–H and O–H groups in total. The highest BCUT2D eigenvalue weighted by molar-refractivity contribution is 9.10. The first-order valence-corrected chi connectivity index (χ1v) is 8.23. The van der Waals surface area contributed by atoms with Crippen LogP contribution < -0.4 is 10.1 Å². The molecule has 1 aliphatic rings. The molecule has 0 aliphatic carbocycles. The summed E-state index contributed by atoms with van der Waals surface area (Å²) in [6.45, 7) is 5.21. The molecule has 0 aromatic heterocycles. The molecule has 0 bridgehead atoms. The minimum atomic E-state index is 0.0980. The smallest absolute Gasteiger partial charge is 0.126 e. The highest BCUT2D eigenvalue weighted by Crippen LogP contribution is 2.41. The molecule has 3 rings (SSSR count). The number of para-hydroxylation sites is 1. The van der Waals surface area contributed by atoms with Crippen LogP contribution in [0.1, 0.15) is 42.2 Å². The van der Waals surface area contributed by atoms with Crippen molar-refractivity contribution in [3.63, 3.8) is 0 Å². The molecule has 1 aliphatic heterocycles. The Morgan fingerprint density at radius 1 is 1.24 bits per heavy atom.